The standard InChI is InChI=1S/C21H14O6S/c22-17-18(27-21(23)16-12-7-13-26-16)20(15-10-5-2-6-11-15)28(24,25)19(17)14-8-3-1-4-9-14/h1-13,19H. The smallest absolute Gasteiger partial charge is 0.379 e. The molecule has 0 saturated carbocycles. The lowest BCUT2D eigenvalue weighted by Crippen LogP contribution is -2.17. The van der Waals surface area contributed by atoms with E-state index < -0.39 is 32.6 Å². The van der Waals surface area contributed by atoms with Crippen molar-refractivity contribution < 1.29 is 27.2 Å². The number of hydrogen-bond acceptors (Lipinski definition) is 6. The molecule has 28 heavy (non-hydrogen) atoms. The summed E-state index contributed by atoms with van der Waals surface area (Å²) in [6.45, 7) is 0. The van der Waals surface area contributed by atoms with Gasteiger partial charge in [0.25, 0.3) is 0 Å². The number of Topliss-reactive ketones (excluding diaryl/α,β-unsaturated/α-hetero) is 1. The van der Waals surface area contributed by atoms with E-state index in [1.165, 1.54) is 18.4 Å². The van der Waals surface area contributed by atoms with Gasteiger partial charge in [-0.2, -0.15) is 0 Å². The zero-order chi connectivity index (χ0) is 19.7. The van der Waals surface area contributed by atoms with Crippen molar-refractivity contribution in [3.8, 4) is 0 Å². The van der Waals surface area contributed by atoms with Gasteiger partial charge < -0.3 is 9.15 Å². The largest absolute Gasteiger partial charge is 0.457 e. The summed E-state index contributed by atoms with van der Waals surface area (Å²) in [6, 6.07) is 19.1. The SMILES string of the molecule is O=C(OC1=C(c2ccccc2)S(=O)(=O)C(c2ccccc2)C1=O)c1ccco1. The van der Waals surface area contributed by atoms with E-state index >= 15 is 0 Å². The van der Waals surface area contributed by atoms with Crippen LogP contribution >= 0.6 is 0 Å². The molecule has 1 atom stereocenters. The van der Waals surface area contributed by atoms with Crippen LogP contribution in [0.5, 0.6) is 0 Å². The zero-order valence-electron chi connectivity index (χ0n) is 14.4. The van der Waals surface area contributed by atoms with Crippen LogP contribution in [-0.2, 0) is 19.4 Å². The molecule has 1 aromatic heterocycles. The fourth-order valence-corrected chi connectivity index (χ4v) is 5.10. The molecule has 7 heteroatoms. The van der Waals surface area contributed by atoms with Gasteiger partial charge >= 0.3 is 5.97 Å². The molecule has 6 nitrogen and oxygen atoms in total. The van der Waals surface area contributed by atoms with Gasteiger partial charge in [-0.3, -0.25) is 4.79 Å². The van der Waals surface area contributed by atoms with Crippen LogP contribution in [0.4, 0.5) is 0 Å². The highest BCUT2D eigenvalue weighted by Gasteiger charge is 2.50. The molecule has 0 N–H and O–H groups in total. The van der Waals surface area contributed by atoms with Crippen molar-refractivity contribution in [3.05, 3.63) is 102 Å². The number of hydrogen-bond donors (Lipinski definition) is 0. The predicted octanol–water partition coefficient (Wildman–Crippen LogP) is 3.54. The van der Waals surface area contributed by atoms with Crippen LogP contribution < -0.4 is 0 Å². The summed E-state index contributed by atoms with van der Waals surface area (Å²) < 4.78 is 36.8. The van der Waals surface area contributed by atoms with Gasteiger partial charge in [-0.15, -0.1) is 0 Å². The van der Waals surface area contributed by atoms with Crippen LogP contribution in [0.2, 0.25) is 0 Å². The van der Waals surface area contributed by atoms with Gasteiger partial charge in [-0.1, -0.05) is 60.7 Å². The molecule has 0 spiro atoms. The highest BCUT2D eigenvalue weighted by atomic mass is 32.2. The predicted molar refractivity (Wildman–Crippen MR) is 101 cm³/mol. The van der Waals surface area contributed by atoms with Gasteiger partial charge in [0.15, 0.2) is 20.8 Å². The normalized spacial score (nSPS) is 18.3. The first-order valence-electron chi connectivity index (χ1n) is 8.38. The number of benzene rings is 2. The maximum atomic E-state index is 13.3. The summed E-state index contributed by atoms with van der Waals surface area (Å²) in [5.41, 5.74) is 0.585. The second-order valence-electron chi connectivity index (χ2n) is 6.09. The van der Waals surface area contributed by atoms with Crippen molar-refractivity contribution in [2.45, 2.75) is 5.25 Å². The van der Waals surface area contributed by atoms with Crippen LogP contribution in [0.15, 0.2) is 89.2 Å². The Morgan fingerprint density at radius 1 is 0.893 bits per heavy atom. The summed E-state index contributed by atoms with van der Waals surface area (Å²) in [7, 11) is -4.12. The Balaban J connectivity index is 1.87. The lowest BCUT2D eigenvalue weighted by molar-refractivity contribution is -0.117. The number of sulfone groups is 1. The average molecular weight is 394 g/mol. The topological polar surface area (TPSA) is 90.7 Å². The second kappa shape index (κ2) is 6.94. The first-order valence-corrected chi connectivity index (χ1v) is 9.93. The number of furan rings is 1. The van der Waals surface area contributed by atoms with Gasteiger partial charge in [0, 0.05) is 0 Å². The molecule has 1 aliphatic heterocycles. The van der Waals surface area contributed by atoms with E-state index in [-0.39, 0.29) is 16.2 Å². The number of rotatable bonds is 4. The third-order valence-electron chi connectivity index (χ3n) is 4.32. The van der Waals surface area contributed by atoms with Gasteiger partial charge in [0.1, 0.15) is 4.91 Å². The quantitative estimate of drug-likeness (QED) is 0.629. The molecule has 0 bridgehead atoms. The van der Waals surface area contributed by atoms with Crippen molar-refractivity contribution in [2.75, 3.05) is 0 Å². The van der Waals surface area contributed by atoms with E-state index in [1.807, 2.05) is 0 Å². The minimum absolute atomic E-state index is 0.131. The van der Waals surface area contributed by atoms with Crippen molar-refractivity contribution >= 4 is 26.5 Å². The summed E-state index contributed by atoms with van der Waals surface area (Å²) in [6.07, 6.45) is 1.28. The Morgan fingerprint density at radius 3 is 2.14 bits per heavy atom. The average Bonchev–Trinajstić information content (AvgIpc) is 3.29. The molecule has 3 aromatic rings. The summed E-state index contributed by atoms with van der Waals surface area (Å²) >= 11 is 0. The highest BCUT2D eigenvalue weighted by molar-refractivity contribution is 8.02. The number of carbonyl (C=O) groups is 2. The molecular weight excluding hydrogens is 380 g/mol. The van der Waals surface area contributed by atoms with E-state index in [0.717, 1.165) is 0 Å². The van der Waals surface area contributed by atoms with Crippen LogP contribution in [0.1, 0.15) is 26.9 Å². The molecule has 2 heterocycles. The molecule has 0 radical (unpaired) electrons. The molecule has 0 amide bonds. The molecular formula is C21H14O6S. The molecule has 4 rings (SSSR count). The Labute approximate surface area is 161 Å². The van der Waals surface area contributed by atoms with Crippen LogP contribution in [-0.4, -0.2) is 20.2 Å². The van der Waals surface area contributed by atoms with E-state index in [0.29, 0.717) is 5.56 Å². The number of esters is 1. The molecule has 0 aliphatic carbocycles. The van der Waals surface area contributed by atoms with Gasteiger partial charge in [-0.25, -0.2) is 13.2 Å². The van der Waals surface area contributed by atoms with Crippen LogP contribution in [0, 0.1) is 0 Å². The minimum atomic E-state index is -4.12. The Morgan fingerprint density at radius 2 is 1.54 bits per heavy atom. The highest BCUT2D eigenvalue weighted by Crippen LogP contribution is 2.44. The molecule has 0 saturated heterocycles. The summed E-state index contributed by atoms with van der Waals surface area (Å²) in [5, 5.41) is -1.47. The van der Waals surface area contributed by atoms with Crippen molar-refractivity contribution in [2.24, 2.45) is 0 Å². The monoisotopic (exact) mass is 394 g/mol. The lowest BCUT2D eigenvalue weighted by atomic mass is 10.1. The first kappa shape index (κ1) is 17.9. The fourth-order valence-electron chi connectivity index (χ4n) is 3.10. The Bertz CT molecular complexity index is 1160. The fraction of sp³-hybridized carbons (Fsp3) is 0.0476. The third-order valence-corrected chi connectivity index (χ3v) is 6.42. The van der Waals surface area contributed by atoms with E-state index in [1.54, 1.807) is 60.7 Å². The van der Waals surface area contributed by atoms with Crippen molar-refractivity contribution in [1.29, 1.82) is 0 Å². The van der Waals surface area contributed by atoms with Crippen molar-refractivity contribution in [1.82, 2.24) is 0 Å². The van der Waals surface area contributed by atoms with Crippen molar-refractivity contribution in [3.63, 3.8) is 0 Å². The van der Waals surface area contributed by atoms with Gasteiger partial charge in [0.05, 0.1) is 6.26 Å². The van der Waals surface area contributed by atoms with E-state index in [2.05, 4.69) is 0 Å². The number of carbonyl (C=O) groups excluding carboxylic acids is 2. The van der Waals surface area contributed by atoms with E-state index in [4.69, 9.17) is 9.15 Å². The molecule has 140 valence electrons. The summed E-state index contributed by atoms with van der Waals surface area (Å²) in [4.78, 5) is 25.1. The number of ether oxygens (including phenoxy) is 1. The number of ketones is 1. The Kier molecular flexibility index (Phi) is 4.44. The second-order valence-corrected chi connectivity index (χ2v) is 8.06. The maximum absolute atomic E-state index is 13.3. The zero-order valence-corrected chi connectivity index (χ0v) is 15.3. The maximum Gasteiger partial charge on any atom is 0.379 e. The molecule has 1 aliphatic rings. The Hall–Kier alpha value is -3.45. The van der Waals surface area contributed by atoms with Crippen LogP contribution in [0.25, 0.3) is 4.91 Å². The summed E-state index contributed by atoms with van der Waals surface area (Å²) in [5.74, 6) is -2.36. The number of allylic oxidation sites excluding steroid dienone is 1. The molecule has 1 unspecified atom stereocenters. The molecule has 0 fully saturated rings. The van der Waals surface area contributed by atoms with Gasteiger partial charge in [0.2, 0.25) is 11.5 Å². The first-order chi connectivity index (χ1) is 13.5. The minimum Gasteiger partial charge on any atom is -0.457 e. The van der Waals surface area contributed by atoms with Crippen LogP contribution in [0.3, 0.4) is 0 Å². The third kappa shape index (κ3) is 2.95. The molecule has 2 aromatic carbocycles. The van der Waals surface area contributed by atoms with E-state index in [9.17, 15) is 18.0 Å². The van der Waals surface area contributed by atoms with Gasteiger partial charge in [-0.05, 0) is 23.3 Å². The lowest BCUT2D eigenvalue weighted by Gasteiger charge is -2.10.